The number of hydrogen-bond donors (Lipinski definition) is 2. The van der Waals surface area contributed by atoms with Gasteiger partial charge in [0.25, 0.3) is 20.0 Å². The lowest BCUT2D eigenvalue weighted by atomic mass is 10.4. The SMILES string of the molecule is COc1cc(C)nc(NC(=O)NS(=O)(=O)c2c(C)nn(C)c2S(=O)(=O)N(C)C)n1. The minimum absolute atomic E-state index is 0.0956. The quantitative estimate of drug-likeness (QED) is 0.599. The number of aromatic nitrogens is 4. The molecule has 0 atom stereocenters. The molecule has 0 aliphatic rings. The van der Waals surface area contributed by atoms with E-state index < -0.39 is 36.0 Å². The van der Waals surface area contributed by atoms with Crippen LogP contribution >= 0.6 is 0 Å². The van der Waals surface area contributed by atoms with Gasteiger partial charge in [0.2, 0.25) is 11.8 Å². The van der Waals surface area contributed by atoms with E-state index in [1.807, 2.05) is 0 Å². The smallest absolute Gasteiger partial charge is 0.335 e. The van der Waals surface area contributed by atoms with Gasteiger partial charge < -0.3 is 4.74 Å². The first-order valence-electron chi connectivity index (χ1n) is 7.99. The van der Waals surface area contributed by atoms with Crippen LogP contribution in [0.5, 0.6) is 5.88 Å². The van der Waals surface area contributed by atoms with E-state index >= 15 is 0 Å². The summed E-state index contributed by atoms with van der Waals surface area (Å²) in [5.41, 5.74) is 0.374. The zero-order valence-electron chi connectivity index (χ0n) is 16.6. The molecule has 2 rings (SSSR count). The molecule has 0 aliphatic carbocycles. The van der Waals surface area contributed by atoms with Crippen LogP contribution in [0.3, 0.4) is 0 Å². The number of carbonyl (C=O) groups is 1. The van der Waals surface area contributed by atoms with E-state index in [1.54, 1.807) is 11.6 Å². The molecule has 2 aromatic heterocycles. The Hall–Kier alpha value is -2.78. The molecule has 0 unspecified atom stereocenters. The highest BCUT2D eigenvalue weighted by Crippen LogP contribution is 2.25. The van der Waals surface area contributed by atoms with Crippen molar-refractivity contribution >= 4 is 32.0 Å². The molecule has 2 amide bonds. The molecule has 2 heterocycles. The standard InChI is InChI=1S/C14H21N7O6S2/c1-8-7-10(27-6)16-13(15-8)17-14(22)19-28(23,24)11-9(2)18-21(5)12(11)29(25,26)20(3)4/h7H,1-6H3,(H2,15,16,17,19,22). The Balaban J connectivity index is 2.40. The average Bonchev–Trinajstić information content (AvgIpc) is 2.88. The van der Waals surface area contributed by atoms with E-state index in [-0.39, 0.29) is 17.5 Å². The second-order valence-electron chi connectivity index (χ2n) is 6.07. The van der Waals surface area contributed by atoms with Gasteiger partial charge in [0.1, 0.15) is 4.90 Å². The van der Waals surface area contributed by atoms with Gasteiger partial charge in [0.05, 0.1) is 12.8 Å². The van der Waals surface area contributed by atoms with Crippen LogP contribution in [0.1, 0.15) is 11.4 Å². The van der Waals surface area contributed by atoms with Crippen LogP contribution in [0.2, 0.25) is 0 Å². The van der Waals surface area contributed by atoms with E-state index in [0.717, 1.165) is 8.99 Å². The number of amides is 2. The third-order valence-corrected chi connectivity index (χ3v) is 7.13. The summed E-state index contributed by atoms with van der Waals surface area (Å²) in [6.45, 7) is 2.94. The first-order valence-corrected chi connectivity index (χ1v) is 10.9. The Kier molecular flexibility index (Phi) is 6.15. The second kappa shape index (κ2) is 7.92. The number of sulfonamides is 2. The van der Waals surface area contributed by atoms with Gasteiger partial charge in [-0.2, -0.15) is 10.1 Å². The lowest BCUT2D eigenvalue weighted by molar-refractivity contribution is 0.256. The maximum atomic E-state index is 12.8. The molecule has 0 aliphatic heterocycles. The highest BCUT2D eigenvalue weighted by molar-refractivity contribution is 7.92. The summed E-state index contributed by atoms with van der Waals surface area (Å²) >= 11 is 0. The summed E-state index contributed by atoms with van der Waals surface area (Å²) in [5, 5.41) is 5.47. The average molecular weight is 447 g/mol. The Morgan fingerprint density at radius 1 is 1.17 bits per heavy atom. The molecule has 13 nitrogen and oxygen atoms in total. The summed E-state index contributed by atoms with van der Waals surface area (Å²) in [6, 6.07) is 0.325. The number of nitrogens with one attached hydrogen (secondary N) is 2. The third kappa shape index (κ3) is 4.63. The zero-order valence-corrected chi connectivity index (χ0v) is 18.2. The third-order valence-electron chi connectivity index (χ3n) is 3.60. The van der Waals surface area contributed by atoms with Crippen molar-refractivity contribution in [1.82, 2.24) is 28.8 Å². The van der Waals surface area contributed by atoms with Crippen molar-refractivity contribution in [1.29, 1.82) is 0 Å². The first kappa shape index (κ1) is 22.5. The molecule has 2 N–H and O–H groups in total. The lowest BCUT2D eigenvalue weighted by Gasteiger charge is -2.14. The van der Waals surface area contributed by atoms with Crippen LogP contribution in [0.15, 0.2) is 16.0 Å². The molecule has 0 bridgehead atoms. The van der Waals surface area contributed by atoms with Crippen molar-refractivity contribution in [2.24, 2.45) is 7.05 Å². The molecule has 0 saturated carbocycles. The fraction of sp³-hybridized carbons (Fsp3) is 0.429. The van der Waals surface area contributed by atoms with E-state index in [0.29, 0.717) is 5.69 Å². The normalized spacial score (nSPS) is 12.1. The highest BCUT2D eigenvalue weighted by Gasteiger charge is 2.36. The molecule has 0 aromatic carbocycles. The summed E-state index contributed by atoms with van der Waals surface area (Å²) in [7, 11) is -3.62. The lowest BCUT2D eigenvalue weighted by Crippen LogP contribution is -2.36. The molecule has 0 radical (unpaired) electrons. The predicted octanol–water partition coefficient (Wildman–Crippen LogP) is -0.404. The van der Waals surface area contributed by atoms with Crippen LogP contribution in [-0.2, 0) is 27.1 Å². The van der Waals surface area contributed by atoms with Gasteiger partial charge >= 0.3 is 6.03 Å². The van der Waals surface area contributed by atoms with Gasteiger partial charge in [-0.25, -0.2) is 35.6 Å². The Morgan fingerprint density at radius 2 is 1.79 bits per heavy atom. The highest BCUT2D eigenvalue weighted by atomic mass is 32.2. The molecule has 15 heteroatoms. The van der Waals surface area contributed by atoms with Crippen LogP contribution in [0.4, 0.5) is 10.7 Å². The maximum Gasteiger partial charge on any atom is 0.335 e. The van der Waals surface area contributed by atoms with Gasteiger partial charge in [0, 0.05) is 32.9 Å². The summed E-state index contributed by atoms with van der Waals surface area (Å²) in [5.74, 6) is -0.0308. The Bertz CT molecular complexity index is 1160. The van der Waals surface area contributed by atoms with Crippen molar-refractivity contribution in [3.8, 4) is 5.88 Å². The molecule has 0 saturated heterocycles. The van der Waals surface area contributed by atoms with E-state index in [9.17, 15) is 21.6 Å². The first-order chi connectivity index (χ1) is 13.3. The molecular weight excluding hydrogens is 426 g/mol. The molecule has 29 heavy (non-hydrogen) atoms. The van der Waals surface area contributed by atoms with Crippen molar-refractivity contribution < 1.29 is 26.4 Å². The molecular formula is C14H21N7O6S2. The number of hydrogen-bond acceptors (Lipinski definition) is 9. The number of anilines is 1. The van der Waals surface area contributed by atoms with Gasteiger partial charge in [0.15, 0.2) is 5.03 Å². The topological polar surface area (TPSA) is 165 Å². The van der Waals surface area contributed by atoms with Gasteiger partial charge in [-0.1, -0.05) is 0 Å². The predicted molar refractivity (Wildman–Crippen MR) is 101 cm³/mol. The van der Waals surface area contributed by atoms with Gasteiger partial charge in [-0.3, -0.25) is 10.00 Å². The van der Waals surface area contributed by atoms with E-state index in [2.05, 4.69) is 20.4 Å². The number of ether oxygens (including phenoxy) is 1. The molecule has 0 spiro atoms. The Morgan fingerprint density at radius 3 is 2.34 bits per heavy atom. The fourth-order valence-electron chi connectivity index (χ4n) is 2.38. The summed E-state index contributed by atoms with van der Waals surface area (Å²) in [6.07, 6.45) is 0. The number of rotatable bonds is 6. The van der Waals surface area contributed by atoms with Crippen LogP contribution in [-0.4, -0.2) is 68.1 Å². The van der Waals surface area contributed by atoms with Crippen LogP contribution < -0.4 is 14.8 Å². The summed E-state index contributed by atoms with van der Waals surface area (Å²) < 4.78 is 59.1. The number of carbonyl (C=O) groups excluding carboxylic acids is 1. The minimum Gasteiger partial charge on any atom is -0.481 e. The molecule has 160 valence electrons. The van der Waals surface area contributed by atoms with Crippen molar-refractivity contribution in [3.63, 3.8) is 0 Å². The monoisotopic (exact) mass is 447 g/mol. The number of aryl methyl sites for hydroxylation is 3. The van der Waals surface area contributed by atoms with Crippen LogP contribution in [0, 0.1) is 13.8 Å². The van der Waals surface area contributed by atoms with Gasteiger partial charge in [-0.05, 0) is 13.8 Å². The second-order valence-corrected chi connectivity index (χ2v) is 9.75. The van der Waals surface area contributed by atoms with Crippen molar-refractivity contribution in [3.05, 3.63) is 17.5 Å². The van der Waals surface area contributed by atoms with Crippen molar-refractivity contribution in [2.45, 2.75) is 23.8 Å². The summed E-state index contributed by atoms with van der Waals surface area (Å²) in [4.78, 5) is 19.4. The van der Waals surface area contributed by atoms with Crippen LogP contribution in [0.25, 0.3) is 0 Å². The fourth-order valence-corrected chi connectivity index (χ4v) is 5.32. The number of nitrogens with zero attached hydrogens (tertiary/aromatic N) is 5. The largest absolute Gasteiger partial charge is 0.481 e. The van der Waals surface area contributed by atoms with Crippen molar-refractivity contribution in [2.75, 3.05) is 26.5 Å². The Labute approximate surface area is 168 Å². The maximum absolute atomic E-state index is 12.8. The van der Waals surface area contributed by atoms with Gasteiger partial charge in [-0.15, -0.1) is 0 Å². The van der Waals surface area contributed by atoms with E-state index in [4.69, 9.17) is 4.74 Å². The van der Waals surface area contributed by atoms with E-state index in [1.165, 1.54) is 41.2 Å². The zero-order chi connectivity index (χ0) is 22.1. The number of urea groups is 1. The minimum atomic E-state index is -4.60. The molecule has 2 aromatic rings. The molecule has 0 fully saturated rings. The number of methoxy groups -OCH3 is 1.